The summed E-state index contributed by atoms with van der Waals surface area (Å²) in [5.74, 6) is -2.47. The van der Waals surface area contributed by atoms with E-state index in [9.17, 15) is 19.5 Å². The maximum atomic E-state index is 13.9. The number of aliphatic hydroxyl groups is 1. The topological polar surface area (TPSA) is 96.4 Å². The Morgan fingerprint density at radius 2 is 2.09 bits per heavy atom. The number of alkyl halides is 1. The van der Waals surface area contributed by atoms with Crippen molar-refractivity contribution in [3.8, 4) is 0 Å². The minimum absolute atomic E-state index is 0.00680. The molecule has 0 aromatic rings. The number of carbonyl (C=O) groups excluding carboxylic acids is 3. The molecular weight excluding hydrogens is 492 g/mol. The summed E-state index contributed by atoms with van der Waals surface area (Å²) in [6.45, 7) is 10.7. The van der Waals surface area contributed by atoms with Gasteiger partial charge in [0.05, 0.1) is 17.9 Å². The molecule has 3 rings (SSSR count). The molecule has 6 atom stereocenters. The van der Waals surface area contributed by atoms with Crippen LogP contribution in [0.1, 0.15) is 39.0 Å². The molecule has 3 aliphatic rings. The lowest BCUT2D eigenvalue weighted by Gasteiger charge is -2.37. The van der Waals surface area contributed by atoms with Crippen molar-refractivity contribution in [1.29, 1.82) is 0 Å². The SMILES string of the molecule is C=CCOC(=O)[C@H]1[C@H]2C(=O)N(CCCCO)C(C(=O)N(CC=C)CCCC)C23CC(Br)[C@@H]1O3. The number of halogens is 1. The first kappa shape index (κ1) is 25.9. The van der Waals surface area contributed by atoms with Crippen LogP contribution in [0.15, 0.2) is 25.3 Å². The van der Waals surface area contributed by atoms with E-state index >= 15 is 0 Å². The van der Waals surface area contributed by atoms with Gasteiger partial charge in [0, 0.05) is 31.1 Å². The smallest absolute Gasteiger partial charge is 0.312 e. The fraction of sp³-hybridized carbons (Fsp3) is 0.708. The molecule has 0 aliphatic carbocycles. The fourth-order valence-corrected chi connectivity index (χ4v) is 6.46. The molecule has 33 heavy (non-hydrogen) atoms. The number of carbonyl (C=O) groups is 3. The summed E-state index contributed by atoms with van der Waals surface area (Å²) in [5, 5.41) is 9.24. The lowest BCUT2D eigenvalue weighted by Crippen LogP contribution is -2.57. The minimum atomic E-state index is -1.09. The second-order valence-electron chi connectivity index (χ2n) is 8.97. The van der Waals surface area contributed by atoms with Gasteiger partial charge in [-0.25, -0.2) is 0 Å². The number of amides is 2. The molecule has 3 heterocycles. The van der Waals surface area contributed by atoms with Crippen LogP contribution in [-0.2, 0) is 23.9 Å². The second-order valence-corrected chi connectivity index (χ2v) is 10.1. The van der Waals surface area contributed by atoms with Gasteiger partial charge in [0.2, 0.25) is 11.8 Å². The van der Waals surface area contributed by atoms with Crippen LogP contribution in [0.3, 0.4) is 0 Å². The average molecular weight is 527 g/mol. The molecule has 9 heteroatoms. The van der Waals surface area contributed by atoms with E-state index in [0.717, 1.165) is 12.8 Å². The molecule has 0 saturated carbocycles. The number of hydrogen-bond acceptors (Lipinski definition) is 6. The number of hydrogen-bond donors (Lipinski definition) is 1. The Morgan fingerprint density at radius 1 is 1.33 bits per heavy atom. The van der Waals surface area contributed by atoms with Crippen molar-refractivity contribution in [1.82, 2.24) is 9.80 Å². The molecule has 2 amide bonds. The largest absolute Gasteiger partial charge is 0.461 e. The predicted molar refractivity (Wildman–Crippen MR) is 127 cm³/mol. The van der Waals surface area contributed by atoms with E-state index in [1.165, 1.54) is 6.08 Å². The lowest BCUT2D eigenvalue weighted by atomic mass is 9.70. The molecular formula is C24H35BrN2O6. The first-order chi connectivity index (χ1) is 15.9. The van der Waals surface area contributed by atoms with Gasteiger partial charge in [-0.2, -0.15) is 0 Å². The molecule has 1 N–H and O–H groups in total. The van der Waals surface area contributed by atoms with E-state index in [1.54, 1.807) is 15.9 Å². The van der Waals surface area contributed by atoms with E-state index in [1.807, 2.05) is 0 Å². The first-order valence-electron chi connectivity index (χ1n) is 11.8. The molecule has 184 valence electrons. The van der Waals surface area contributed by atoms with Crippen LogP contribution < -0.4 is 0 Å². The molecule has 3 unspecified atom stereocenters. The van der Waals surface area contributed by atoms with Gasteiger partial charge in [0.1, 0.15) is 18.2 Å². The van der Waals surface area contributed by atoms with Crippen LogP contribution in [0.4, 0.5) is 0 Å². The van der Waals surface area contributed by atoms with Gasteiger partial charge in [0.25, 0.3) is 0 Å². The summed E-state index contributed by atoms with van der Waals surface area (Å²) in [7, 11) is 0. The van der Waals surface area contributed by atoms with E-state index in [4.69, 9.17) is 9.47 Å². The van der Waals surface area contributed by atoms with E-state index < -0.39 is 35.6 Å². The van der Waals surface area contributed by atoms with Gasteiger partial charge >= 0.3 is 5.97 Å². The highest BCUT2D eigenvalue weighted by Crippen LogP contribution is 2.60. The number of nitrogens with zero attached hydrogens (tertiary/aromatic N) is 2. The number of unbranched alkanes of at least 4 members (excludes halogenated alkanes) is 2. The molecule has 3 fully saturated rings. The summed E-state index contributed by atoms with van der Waals surface area (Å²) in [6.07, 6.45) is 5.93. The number of fused-ring (bicyclic) bond motifs is 1. The summed E-state index contributed by atoms with van der Waals surface area (Å²) in [6, 6.07) is -0.826. The standard InChI is InChI=1S/C24H35BrN2O6/c1-4-7-11-26(10-5-2)22(30)20-24-15-16(25)19(33-24)17(23(31)32-14-6-3)18(24)21(29)27(20)12-8-9-13-28/h5-6,16-20,28H,2-4,7-15H2,1H3/t16?,17-,18-,19-,20?,24?/m0/s1. The van der Waals surface area contributed by atoms with Crippen LogP contribution in [0, 0.1) is 11.8 Å². The Labute approximate surface area is 204 Å². The van der Waals surface area contributed by atoms with E-state index in [-0.39, 0.29) is 29.9 Å². The average Bonchev–Trinajstić information content (AvgIpc) is 3.38. The Hall–Kier alpha value is -1.71. The number of esters is 1. The zero-order valence-electron chi connectivity index (χ0n) is 19.3. The normalized spacial score (nSPS) is 32.0. The number of rotatable bonds is 13. The van der Waals surface area contributed by atoms with Crippen molar-refractivity contribution >= 4 is 33.7 Å². The molecule has 8 nitrogen and oxygen atoms in total. The molecule has 3 saturated heterocycles. The van der Waals surface area contributed by atoms with Crippen molar-refractivity contribution < 1.29 is 29.0 Å². The van der Waals surface area contributed by atoms with Gasteiger partial charge in [-0.05, 0) is 25.7 Å². The molecule has 3 aliphatic heterocycles. The zero-order valence-corrected chi connectivity index (χ0v) is 20.9. The Kier molecular flexibility index (Phi) is 8.75. The maximum absolute atomic E-state index is 13.9. The van der Waals surface area contributed by atoms with Gasteiger partial charge < -0.3 is 24.4 Å². The highest BCUT2D eigenvalue weighted by Gasteiger charge is 2.77. The number of ether oxygens (including phenoxy) is 2. The summed E-state index contributed by atoms with van der Waals surface area (Å²) >= 11 is 3.64. The molecule has 0 aromatic heterocycles. The predicted octanol–water partition coefficient (Wildman–Crippen LogP) is 2.05. The molecule has 0 aromatic carbocycles. The third-order valence-electron chi connectivity index (χ3n) is 6.89. The summed E-state index contributed by atoms with van der Waals surface area (Å²) in [5.41, 5.74) is -1.09. The number of likely N-dealkylation sites (tertiary alicyclic amines) is 1. The minimum Gasteiger partial charge on any atom is -0.461 e. The summed E-state index contributed by atoms with van der Waals surface area (Å²) < 4.78 is 11.8. The lowest BCUT2D eigenvalue weighted by molar-refractivity contribution is -0.154. The van der Waals surface area contributed by atoms with E-state index in [0.29, 0.717) is 38.9 Å². The Morgan fingerprint density at radius 3 is 2.73 bits per heavy atom. The van der Waals surface area contributed by atoms with Gasteiger partial charge in [-0.1, -0.05) is 48.0 Å². The third-order valence-corrected chi connectivity index (χ3v) is 7.73. The Balaban J connectivity index is 1.99. The van der Waals surface area contributed by atoms with Gasteiger partial charge in [-0.3, -0.25) is 14.4 Å². The van der Waals surface area contributed by atoms with Crippen molar-refractivity contribution in [2.75, 3.05) is 32.8 Å². The third kappa shape index (κ3) is 4.64. The second kappa shape index (κ2) is 11.1. The fourth-order valence-electron chi connectivity index (χ4n) is 5.52. The maximum Gasteiger partial charge on any atom is 0.312 e. The van der Waals surface area contributed by atoms with Crippen LogP contribution in [0.2, 0.25) is 0 Å². The highest BCUT2D eigenvalue weighted by atomic mass is 79.9. The van der Waals surface area contributed by atoms with Crippen molar-refractivity contribution in [2.45, 2.75) is 61.6 Å². The van der Waals surface area contributed by atoms with Gasteiger partial charge in [-0.15, -0.1) is 6.58 Å². The molecule has 2 bridgehead atoms. The molecule has 0 radical (unpaired) electrons. The van der Waals surface area contributed by atoms with Crippen LogP contribution >= 0.6 is 15.9 Å². The van der Waals surface area contributed by atoms with Crippen molar-refractivity contribution in [3.05, 3.63) is 25.3 Å². The number of aliphatic hydroxyl groups excluding tert-OH is 1. The van der Waals surface area contributed by atoms with E-state index in [2.05, 4.69) is 36.0 Å². The van der Waals surface area contributed by atoms with Gasteiger partial charge in [0.15, 0.2) is 0 Å². The van der Waals surface area contributed by atoms with Crippen molar-refractivity contribution in [2.24, 2.45) is 11.8 Å². The van der Waals surface area contributed by atoms with Crippen LogP contribution in [-0.4, -0.2) is 88.1 Å². The molecule has 1 spiro atoms. The zero-order chi connectivity index (χ0) is 24.2. The van der Waals surface area contributed by atoms with Crippen molar-refractivity contribution in [3.63, 3.8) is 0 Å². The highest BCUT2D eigenvalue weighted by molar-refractivity contribution is 9.09. The van der Waals surface area contributed by atoms with Crippen LogP contribution in [0.5, 0.6) is 0 Å². The van der Waals surface area contributed by atoms with Crippen LogP contribution in [0.25, 0.3) is 0 Å². The first-order valence-corrected chi connectivity index (χ1v) is 12.7. The monoisotopic (exact) mass is 526 g/mol. The Bertz CT molecular complexity index is 776. The quantitative estimate of drug-likeness (QED) is 0.171. The summed E-state index contributed by atoms with van der Waals surface area (Å²) in [4.78, 5) is 43.7.